The highest BCUT2D eigenvalue weighted by molar-refractivity contribution is 7.12. The lowest BCUT2D eigenvalue weighted by atomic mass is 10.0. The first-order valence-electron chi connectivity index (χ1n) is 6.77. The van der Waals surface area contributed by atoms with Gasteiger partial charge in [0.05, 0.1) is 5.56 Å². The Kier molecular flexibility index (Phi) is 4.74. The van der Waals surface area contributed by atoms with Gasteiger partial charge in [0.1, 0.15) is 0 Å². The van der Waals surface area contributed by atoms with Crippen LogP contribution in [-0.2, 0) is 6.18 Å². The molecule has 2 unspecified atom stereocenters. The number of hydrogen-bond acceptors (Lipinski definition) is 2. The summed E-state index contributed by atoms with van der Waals surface area (Å²) in [6.45, 7) is 5.94. The van der Waals surface area contributed by atoms with Crippen molar-refractivity contribution in [3.8, 4) is 0 Å². The molecule has 1 heterocycles. The van der Waals surface area contributed by atoms with E-state index in [-0.39, 0.29) is 12.1 Å². The monoisotopic (exact) mass is 313 g/mol. The molecule has 1 aromatic heterocycles. The van der Waals surface area contributed by atoms with Crippen LogP contribution in [0.5, 0.6) is 0 Å². The van der Waals surface area contributed by atoms with Gasteiger partial charge in [0, 0.05) is 21.8 Å². The minimum absolute atomic E-state index is 0.105. The van der Waals surface area contributed by atoms with Crippen molar-refractivity contribution in [2.75, 3.05) is 0 Å². The summed E-state index contributed by atoms with van der Waals surface area (Å²) in [6.07, 6.45) is -4.30. The minimum atomic E-state index is -4.30. The Labute approximate surface area is 126 Å². The molecule has 0 aliphatic rings. The molecule has 0 aliphatic carbocycles. The quantitative estimate of drug-likeness (QED) is 0.787. The van der Waals surface area contributed by atoms with Crippen molar-refractivity contribution in [3.05, 3.63) is 57.3 Å². The smallest absolute Gasteiger partial charge is 0.303 e. The first-order chi connectivity index (χ1) is 9.77. The lowest BCUT2D eigenvalue weighted by molar-refractivity contribution is -0.137. The molecule has 2 atom stereocenters. The molecular weight excluding hydrogens is 295 g/mol. The van der Waals surface area contributed by atoms with Gasteiger partial charge < -0.3 is 5.32 Å². The van der Waals surface area contributed by atoms with E-state index in [9.17, 15) is 13.2 Å². The van der Waals surface area contributed by atoms with Gasteiger partial charge in [-0.3, -0.25) is 0 Å². The molecule has 0 saturated heterocycles. The average Bonchev–Trinajstić information content (AvgIpc) is 2.84. The predicted molar refractivity (Wildman–Crippen MR) is 80.5 cm³/mol. The van der Waals surface area contributed by atoms with Crippen LogP contribution >= 0.6 is 11.3 Å². The van der Waals surface area contributed by atoms with E-state index in [2.05, 4.69) is 11.4 Å². The van der Waals surface area contributed by atoms with Crippen LogP contribution in [0.1, 0.15) is 46.8 Å². The molecular formula is C16H18F3NS. The van der Waals surface area contributed by atoms with Gasteiger partial charge in [0.2, 0.25) is 0 Å². The number of benzene rings is 1. The lowest BCUT2D eigenvalue weighted by Crippen LogP contribution is -2.22. The van der Waals surface area contributed by atoms with Crippen molar-refractivity contribution in [1.29, 1.82) is 0 Å². The number of thiophene rings is 1. The second-order valence-corrected chi connectivity index (χ2v) is 6.50. The topological polar surface area (TPSA) is 12.0 Å². The zero-order chi connectivity index (χ0) is 15.6. The van der Waals surface area contributed by atoms with Crippen molar-refractivity contribution in [3.63, 3.8) is 0 Å². The number of halogens is 3. The summed E-state index contributed by atoms with van der Waals surface area (Å²) in [5, 5.41) is 3.35. The van der Waals surface area contributed by atoms with E-state index in [1.165, 1.54) is 21.9 Å². The fourth-order valence-electron chi connectivity index (χ4n) is 2.22. The molecule has 2 aromatic rings. The molecule has 0 bridgehead atoms. The first kappa shape index (κ1) is 16.0. The second-order valence-electron chi connectivity index (χ2n) is 5.18. The Morgan fingerprint density at radius 3 is 2.33 bits per heavy atom. The number of alkyl halides is 3. The average molecular weight is 313 g/mol. The molecule has 2 rings (SSSR count). The van der Waals surface area contributed by atoms with Gasteiger partial charge in [0.15, 0.2) is 0 Å². The molecule has 0 amide bonds. The Balaban J connectivity index is 2.11. The van der Waals surface area contributed by atoms with Gasteiger partial charge in [-0.2, -0.15) is 13.2 Å². The van der Waals surface area contributed by atoms with Gasteiger partial charge in [-0.25, -0.2) is 0 Å². The molecule has 5 heteroatoms. The van der Waals surface area contributed by atoms with Crippen LogP contribution in [0.15, 0.2) is 36.4 Å². The maximum atomic E-state index is 12.7. The summed E-state index contributed by atoms with van der Waals surface area (Å²) >= 11 is 1.70. The van der Waals surface area contributed by atoms with Crippen LogP contribution in [0.2, 0.25) is 0 Å². The molecule has 1 aromatic carbocycles. The largest absolute Gasteiger partial charge is 0.416 e. The normalized spacial score (nSPS) is 15.0. The van der Waals surface area contributed by atoms with E-state index in [0.29, 0.717) is 5.56 Å². The summed E-state index contributed by atoms with van der Waals surface area (Å²) in [6, 6.07) is 9.55. The highest BCUT2D eigenvalue weighted by Crippen LogP contribution is 2.31. The molecule has 0 saturated carbocycles. The number of rotatable bonds is 4. The van der Waals surface area contributed by atoms with E-state index >= 15 is 0 Å². The molecule has 21 heavy (non-hydrogen) atoms. The van der Waals surface area contributed by atoms with Gasteiger partial charge in [-0.05, 0) is 50.6 Å². The standard InChI is InChI=1S/C16H18F3NS/c1-10-7-8-15(21-10)12(3)20-11(2)13-5-4-6-14(9-13)16(17,18)19/h4-9,11-12,20H,1-3H3. The van der Waals surface area contributed by atoms with Crippen molar-refractivity contribution < 1.29 is 13.2 Å². The molecule has 0 fully saturated rings. The SMILES string of the molecule is Cc1ccc(C(C)NC(C)c2cccc(C(F)(F)F)c2)s1. The van der Waals surface area contributed by atoms with Gasteiger partial charge in [-0.15, -0.1) is 11.3 Å². The highest BCUT2D eigenvalue weighted by Gasteiger charge is 2.30. The molecule has 0 radical (unpaired) electrons. The van der Waals surface area contributed by atoms with E-state index < -0.39 is 11.7 Å². The summed E-state index contributed by atoms with van der Waals surface area (Å²) < 4.78 is 38.2. The third kappa shape index (κ3) is 4.08. The van der Waals surface area contributed by atoms with Crippen LogP contribution in [0.4, 0.5) is 13.2 Å². The van der Waals surface area contributed by atoms with Crippen LogP contribution in [0.3, 0.4) is 0 Å². The fraction of sp³-hybridized carbons (Fsp3) is 0.375. The predicted octanol–water partition coefficient (Wildman–Crippen LogP) is 5.49. The summed E-state index contributed by atoms with van der Waals surface area (Å²) in [5.74, 6) is 0. The van der Waals surface area contributed by atoms with Crippen LogP contribution in [0, 0.1) is 6.92 Å². The Morgan fingerprint density at radius 2 is 1.76 bits per heavy atom. The number of nitrogens with one attached hydrogen (secondary N) is 1. The lowest BCUT2D eigenvalue weighted by Gasteiger charge is -2.20. The minimum Gasteiger partial charge on any atom is -0.303 e. The van der Waals surface area contributed by atoms with E-state index in [1.807, 2.05) is 26.8 Å². The van der Waals surface area contributed by atoms with Crippen molar-refractivity contribution in [1.82, 2.24) is 5.32 Å². The summed E-state index contributed by atoms with van der Waals surface area (Å²) in [5.41, 5.74) is 0.0400. The third-order valence-electron chi connectivity index (χ3n) is 3.40. The number of aryl methyl sites for hydroxylation is 1. The molecule has 1 nitrogen and oxygen atoms in total. The van der Waals surface area contributed by atoms with Crippen molar-refractivity contribution in [2.45, 2.75) is 39.0 Å². The van der Waals surface area contributed by atoms with Crippen LogP contribution in [-0.4, -0.2) is 0 Å². The zero-order valence-electron chi connectivity index (χ0n) is 12.2. The first-order valence-corrected chi connectivity index (χ1v) is 7.58. The van der Waals surface area contributed by atoms with E-state index in [0.717, 1.165) is 6.07 Å². The number of hydrogen-bond donors (Lipinski definition) is 1. The Hall–Kier alpha value is -1.33. The third-order valence-corrected chi connectivity index (χ3v) is 4.59. The van der Waals surface area contributed by atoms with Crippen molar-refractivity contribution >= 4 is 11.3 Å². The van der Waals surface area contributed by atoms with Gasteiger partial charge in [0.25, 0.3) is 0 Å². The van der Waals surface area contributed by atoms with Crippen LogP contribution < -0.4 is 5.32 Å². The Morgan fingerprint density at radius 1 is 1.05 bits per heavy atom. The van der Waals surface area contributed by atoms with E-state index in [1.54, 1.807) is 17.4 Å². The maximum Gasteiger partial charge on any atom is 0.416 e. The highest BCUT2D eigenvalue weighted by atomic mass is 32.1. The zero-order valence-corrected chi connectivity index (χ0v) is 13.0. The molecule has 1 N–H and O–H groups in total. The van der Waals surface area contributed by atoms with Gasteiger partial charge >= 0.3 is 6.18 Å². The van der Waals surface area contributed by atoms with E-state index in [4.69, 9.17) is 0 Å². The Bertz CT molecular complexity index is 604. The van der Waals surface area contributed by atoms with Crippen molar-refractivity contribution in [2.24, 2.45) is 0 Å². The maximum absolute atomic E-state index is 12.7. The molecule has 0 spiro atoms. The molecule has 114 valence electrons. The second kappa shape index (κ2) is 6.20. The summed E-state index contributed by atoms with van der Waals surface area (Å²) in [4.78, 5) is 2.41. The molecule has 0 aliphatic heterocycles. The van der Waals surface area contributed by atoms with Crippen LogP contribution in [0.25, 0.3) is 0 Å². The fourth-order valence-corrected chi connectivity index (χ4v) is 3.11. The van der Waals surface area contributed by atoms with Gasteiger partial charge in [-0.1, -0.05) is 12.1 Å². The summed E-state index contributed by atoms with van der Waals surface area (Å²) in [7, 11) is 0.